The fraction of sp³-hybridized carbons (Fsp3) is 0. The Morgan fingerprint density at radius 2 is 1.41 bits per heavy atom. The molecule has 0 aliphatic carbocycles. The van der Waals surface area contributed by atoms with Gasteiger partial charge in [0.1, 0.15) is 9.96 Å². The number of benzene rings is 1. The Balaban J connectivity index is 1.67. The average Bonchev–Trinajstić information content (AvgIpc) is 3.37. The second-order valence-corrected chi connectivity index (χ2v) is 9.32. The molecule has 4 aromatic rings. The second kappa shape index (κ2) is 9.08. The van der Waals surface area contributed by atoms with E-state index in [0.717, 1.165) is 15.6 Å². The summed E-state index contributed by atoms with van der Waals surface area (Å²) < 4.78 is 32.6. The summed E-state index contributed by atoms with van der Waals surface area (Å²) in [5.41, 5.74) is 0.580. The van der Waals surface area contributed by atoms with Crippen LogP contribution in [0.25, 0.3) is 0 Å². The number of rotatable bonds is 6. The first kappa shape index (κ1) is 21.3. The lowest BCUT2D eigenvalue weighted by atomic mass is 10.2. The molecule has 1 amide bonds. The van der Waals surface area contributed by atoms with Crippen LogP contribution in [0.5, 0.6) is 5.75 Å². The van der Waals surface area contributed by atoms with E-state index in [1.165, 1.54) is 79.4 Å². The maximum Gasteiger partial charge on any atom is 0.343 e. The summed E-state index contributed by atoms with van der Waals surface area (Å²) in [5, 5.41) is 1.61. The van der Waals surface area contributed by atoms with Crippen molar-refractivity contribution < 1.29 is 22.7 Å². The van der Waals surface area contributed by atoms with Crippen molar-refractivity contribution in [2.45, 2.75) is 4.21 Å². The van der Waals surface area contributed by atoms with E-state index in [-0.39, 0.29) is 21.2 Å². The standard InChI is InChI=1S/C22H15N3O5S2/c26-21(16-7-11-23-12-8-16)25(32(28,29)20-2-1-15-31-20)18-3-5-19(6-4-18)30-22(27)17-9-13-24-14-10-17/h1-15H. The minimum absolute atomic E-state index is 0.0214. The first-order chi connectivity index (χ1) is 15.5. The van der Waals surface area contributed by atoms with Gasteiger partial charge in [0.25, 0.3) is 15.9 Å². The Labute approximate surface area is 187 Å². The molecular weight excluding hydrogens is 450 g/mol. The van der Waals surface area contributed by atoms with Crippen LogP contribution < -0.4 is 9.04 Å². The number of nitrogens with zero attached hydrogens (tertiary/aromatic N) is 3. The van der Waals surface area contributed by atoms with Gasteiger partial charge in [0.15, 0.2) is 0 Å². The highest BCUT2D eigenvalue weighted by atomic mass is 32.2. The highest BCUT2D eigenvalue weighted by Gasteiger charge is 2.32. The lowest BCUT2D eigenvalue weighted by Gasteiger charge is -2.22. The molecule has 4 rings (SSSR count). The number of aromatic nitrogens is 2. The smallest absolute Gasteiger partial charge is 0.343 e. The van der Waals surface area contributed by atoms with Gasteiger partial charge in [-0.25, -0.2) is 4.79 Å². The minimum atomic E-state index is -4.17. The van der Waals surface area contributed by atoms with Crippen molar-refractivity contribution in [2.24, 2.45) is 0 Å². The van der Waals surface area contributed by atoms with Crippen molar-refractivity contribution in [3.05, 3.63) is 102 Å². The summed E-state index contributed by atoms with van der Waals surface area (Å²) in [6.07, 6.45) is 5.76. The molecule has 0 N–H and O–H groups in total. The number of hydrogen-bond donors (Lipinski definition) is 0. The molecule has 0 saturated carbocycles. The maximum absolute atomic E-state index is 13.3. The maximum atomic E-state index is 13.3. The first-order valence-electron chi connectivity index (χ1n) is 9.22. The van der Waals surface area contributed by atoms with Crippen LogP contribution in [0.2, 0.25) is 0 Å². The number of esters is 1. The molecule has 32 heavy (non-hydrogen) atoms. The molecular formula is C22H15N3O5S2. The second-order valence-electron chi connectivity index (χ2n) is 6.36. The lowest BCUT2D eigenvalue weighted by Crippen LogP contribution is -2.36. The topological polar surface area (TPSA) is 107 Å². The quantitative estimate of drug-likeness (QED) is 0.315. The highest BCUT2D eigenvalue weighted by molar-refractivity contribution is 7.95. The van der Waals surface area contributed by atoms with Crippen molar-refractivity contribution in [3.8, 4) is 5.75 Å². The molecule has 0 fully saturated rings. The SMILES string of the molecule is O=C(Oc1ccc(N(C(=O)c2ccncc2)S(=O)(=O)c2cccs2)cc1)c1ccncc1. The van der Waals surface area contributed by atoms with E-state index in [1.54, 1.807) is 11.4 Å². The molecule has 3 heterocycles. The Morgan fingerprint density at radius 3 is 1.97 bits per heavy atom. The number of ether oxygens (including phenoxy) is 1. The zero-order valence-corrected chi connectivity index (χ0v) is 18.0. The molecule has 10 heteroatoms. The lowest BCUT2D eigenvalue weighted by molar-refractivity contribution is 0.0734. The van der Waals surface area contributed by atoms with Crippen molar-refractivity contribution >= 4 is 38.9 Å². The van der Waals surface area contributed by atoms with Gasteiger partial charge in [0.05, 0.1) is 11.3 Å². The van der Waals surface area contributed by atoms with Crippen LogP contribution in [-0.4, -0.2) is 30.3 Å². The molecule has 3 aromatic heterocycles. The number of hydrogen-bond acceptors (Lipinski definition) is 8. The van der Waals surface area contributed by atoms with Crippen molar-refractivity contribution in [1.82, 2.24) is 9.97 Å². The molecule has 0 aliphatic rings. The summed E-state index contributed by atoms with van der Waals surface area (Å²) in [7, 11) is -4.17. The van der Waals surface area contributed by atoms with Gasteiger partial charge in [-0.3, -0.25) is 14.8 Å². The van der Waals surface area contributed by atoms with Crippen LogP contribution in [0.15, 0.2) is 95.0 Å². The normalized spacial score (nSPS) is 11.0. The number of thiophene rings is 1. The van der Waals surface area contributed by atoms with E-state index in [9.17, 15) is 18.0 Å². The van der Waals surface area contributed by atoms with E-state index in [2.05, 4.69) is 9.97 Å². The van der Waals surface area contributed by atoms with Gasteiger partial charge >= 0.3 is 5.97 Å². The fourth-order valence-electron chi connectivity index (χ4n) is 2.78. The molecule has 0 atom stereocenters. The molecule has 0 bridgehead atoms. The van der Waals surface area contributed by atoms with Crippen LogP contribution in [0.1, 0.15) is 20.7 Å². The average molecular weight is 466 g/mol. The number of anilines is 1. The Morgan fingerprint density at radius 1 is 0.812 bits per heavy atom. The highest BCUT2D eigenvalue weighted by Crippen LogP contribution is 2.30. The molecule has 160 valence electrons. The fourth-order valence-corrected chi connectivity index (χ4v) is 5.26. The number of amides is 1. The van der Waals surface area contributed by atoms with Gasteiger partial charge in [-0.05, 0) is 60.0 Å². The van der Waals surface area contributed by atoms with Gasteiger partial charge < -0.3 is 4.74 Å². The molecule has 1 aromatic carbocycles. The van der Waals surface area contributed by atoms with E-state index in [4.69, 9.17) is 4.74 Å². The largest absolute Gasteiger partial charge is 0.423 e. The summed E-state index contributed by atoms with van der Waals surface area (Å²) in [4.78, 5) is 33.1. The minimum Gasteiger partial charge on any atom is -0.423 e. The Hall–Kier alpha value is -3.89. The summed E-state index contributed by atoms with van der Waals surface area (Å²) in [6, 6.07) is 14.6. The summed E-state index contributed by atoms with van der Waals surface area (Å²) >= 11 is 1.01. The van der Waals surface area contributed by atoms with Crippen LogP contribution in [-0.2, 0) is 10.0 Å². The van der Waals surface area contributed by atoms with Crippen molar-refractivity contribution in [3.63, 3.8) is 0 Å². The summed E-state index contributed by atoms with van der Waals surface area (Å²) in [5.74, 6) is -1.13. The van der Waals surface area contributed by atoms with E-state index in [1.807, 2.05) is 0 Å². The molecule has 0 unspecified atom stereocenters. The van der Waals surface area contributed by atoms with Crippen LogP contribution in [0, 0.1) is 0 Å². The zero-order valence-electron chi connectivity index (χ0n) is 16.4. The number of sulfonamides is 1. The van der Waals surface area contributed by atoms with Crippen molar-refractivity contribution in [2.75, 3.05) is 4.31 Å². The third kappa shape index (κ3) is 4.41. The van der Waals surface area contributed by atoms with Gasteiger partial charge in [-0.2, -0.15) is 12.7 Å². The van der Waals surface area contributed by atoms with Gasteiger partial charge in [-0.15, -0.1) is 11.3 Å². The Bertz CT molecular complexity index is 1330. The number of carbonyl (C=O) groups excluding carboxylic acids is 2. The molecule has 0 spiro atoms. The van der Waals surface area contributed by atoms with Crippen LogP contribution in [0.3, 0.4) is 0 Å². The molecule has 0 saturated heterocycles. The molecule has 0 aliphatic heterocycles. The van der Waals surface area contributed by atoms with E-state index < -0.39 is 21.9 Å². The zero-order chi connectivity index (χ0) is 22.6. The van der Waals surface area contributed by atoms with Gasteiger partial charge in [0.2, 0.25) is 0 Å². The predicted octanol–water partition coefficient (Wildman–Crippen LogP) is 3.79. The molecule has 8 nitrogen and oxygen atoms in total. The predicted molar refractivity (Wildman–Crippen MR) is 118 cm³/mol. The van der Waals surface area contributed by atoms with Gasteiger partial charge in [0, 0.05) is 30.4 Å². The third-order valence-electron chi connectivity index (χ3n) is 4.30. The summed E-state index contributed by atoms with van der Waals surface area (Å²) in [6.45, 7) is 0. The third-order valence-corrected chi connectivity index (χ3v) is 7.38. The van der Waals surface area contributed by atoms with Crippen LogP contribution in [0.4, 0.5) is 5.69 Å². The van der Waals surface area contributed by atoms with E-state index >= 15 is 0 Å². The number of pyridine rings is 2. The van der Waals surface area contributed by atoms with Crippen LogP contribution >= 0.6 is 11.3 Å². The van der Waals surface area contributed by atoms with Crippen molar-refractivity contribution in [1.29, 1.82) is 0 Å². The van der Waals surface area contributed by atoms with Gasteiger partial charge in [-0.1, -0.05) is 6.07 Å². The first-order valence-corrected chi connectivity index (χ1v) is 11.5. The monoisotopic (exact) mass is 465 g/mol. The molecule has 0 radical (unpaired) electrons. The van der Waals surface area contributed by atoms with E-state index in [0.29, 0.717) is 5.56 Å². The Kier molecular flexibility index (Phi) is 6.06. The number of carbonyl (C=O) groups is 2.